The first-order chi connectivity index (χ1) is 23.1. The maximum Gasteiger partial charge on any atom is 0.327 e. The van der Waals surface area contributed by atoms with Crippen molar-refractivity contribution in [1.82, 2.24) is 20.4 Å². The second-order valence-electron chi connectivity index (χ2n) is 12.7. The fourth-order valence-electron chi connectivity index (χ4n) is 6.42. The summed E-state index contributed by atoms with van der Waals surface area (Å²) in [7, 11) is 1.25. The van der Waals surface area contributed by atoms with Crippen LogP contribution in [0.1, 0.15) is 49.7 Å². The fraction of sp³-hybridized carbons (Fsp3) is 0.514. The Bertz CT molecular complexity index is 1410. The summed E-state index contributed by atoms with van der Waals surface area (Å²) in [4.78, 5) is 70.1. The van der Waals surface area contributed by atoms with E-state index in [0.717, 1.165) is 11.1 Å². The summed E-state index contributed by atoms with van der Waals surface area (Å²) in [5.41, 5.74) is 18.6. The van der Waals surface area contributed by atoms with Crippen LogP contribution < -0.4 is 27.8 Å². The van der Waals surface area contributed by atoms with Gasteiger partial charge in [-0.2, -0.15) is 0 Å². The molecule has 0 radical (unpaired) electrons. The van der Waals surface area contributed by atoms with Crippen LogP contribution in [0.2, 0.25) is 0 Å². The predicted octanol–water partition coefficient (Wildman–Crippen LogP) is -0.00850. The zero-order valence-electron chi connectivity index (χ0n) is 27.6. The van der Waals surface area contributed by atoms with Crippen molar-refractivity contribution in [2.45, 2.75) is 81.1 Å². The second kappa shape index (κ2) is 17.2. The molecule has 0 aromatic heterocycles. The highest BCUT2D eigenvalue weighted by atomic mass is 16.5. The molecular formula is C35H49N7O6. The highest BCUT2D eigenvalue weighted by Crippen LogP contribution is 2.24. The Kier molecular flexibility index (Phi) is 13.1. The van der Waals surface area contributed by atoms with Gasteiger partial charge < -0.3 is 42.4 Å². The molecule has 2 aromatic rings. The van der Waals surface area contributed by atoms with E-state index >= 15 is 0 Å². The van der Waals surface area contributed by atoms with Crippen molar-refractivity contribution >= 4 is 29.6 Å². The lowest BCUT2D eigenvalue weighted by molar-refractivity contribution is -0.147. The number of carbonyl (C=O) groups is 5. The van der Waals surface area contributed by atoms with Crippen molar-refractivity contribution in [3.05, 3.63) is 71.8 Å². The number of hydrogen-bond acceptors (Lipinski definition) is 9. The summed E-state index contributed by atoms with van der Waals surface area (Å²) in [5, 5.41) is 5.76. The number of carbonyl (C=O) groups excluding carboxylic acids is 5. The van der Waals surface area contributed by atoms with Gasteiger partial charge in [0.1, 0.15) is 23.7 Å². The van der Waals surface area contributed by atoms with Crippen LogP contribution in [0.4, 0.5) is 0 Å². The minimum absolute atomic E-state index is 0.0247. The van der Waals surface area contributed by atoms with Gasteiger partial charge in [0.15, 0.2) is 0 Å². The van der Waals surface area contributed by atoms with Crippen LogP contribution in [0, 0.1) is 0 Å². The van der Waals surface area contributed by atoms with Gasteiger partial charge in [0.25, 0.3) is 0 Å². The summed E-state index contributed by atoms with van der Waals surface area (Å²) >= 11 is 0. The number of benzene rings is 2. The number of ether oxygens (including phenoxy) is 1. The molecule has 4 amide bonds. The first-order valence-electron chi connectivity index (χ1n) is 16.7. The Labute approximate surface area is 281 Å². The maximum absolute atomic E-state index is 14.1. The van der Waals surface area contributed by atoms with Crippen LogP contribution in [-0.2, 0) is 41.6 Å². The number of nitrogens with two attached hydrogens (primary N) is 3. The van der Waals surface area contributed by atoms with Crippen molar-refractivity contribution < 1.29 is 28.7 Å². The Morgan fingerprint density at radius 2 is 1.54 bits per heavy atom. The fourth-order valence-corrected chi connectivity index (χ4v) is 6.42. The van der Waals surface area contributed by atoms with Crippen LogP contribution in [0.25, 0.3) is 0 Å². The van der Waals surface area contributed by atoms with Crippen LogP contribution in [0.5, 0.6) is 0 Å². The molecule has 0 aliphatic carbocycles. The number of rotatable bonds is 15. The molecule has 0 saturated carbocycles. The molecule has 13 heteroatoms. The van der Waals surface area contributed by atoms with Crippen LogP contribution in [0.3, 0.4) is 0 Å². The molecular weight excluding hydrogens is 614 g/mol. The lowest BCUT2D eigenvalue weighted by atomic mass is 10.0. The van der Waals surface area contributed by atoms with E-state index in [1.54, 1.807) is 0 Å². The van der Waals surface area contributed by atoms with E-state index in [-0.39, 0.29) is 31.8 Å². The Morgan fingerprint density at radius 3 is 2.17 bits per heavy atom. The lowest BCUT2D eigenvalue weighted by Crippen LogP contribution is -2.58. The molecule has 260 valence electrons. The van der Waals surface area contributed by atoms with Crippen molar-refractivity contribution in [2.24, 2.45) is 17.2 Å². The molecule has 48 heavy (non-hydrogen) atoms. The third-order valence-electron chi connectivity index (χ3n) is 9.14. The number of hydrogen-bond donors (Lipinski definition) is 5. The molecule has 2 saturated heterocycles. The first kappa shape index (κ1) is 36.5. The van der Waals surface area contributed by atoms with Gasteiger partial charge in [-0.05, 0) is 62.6 Å². The first-order valence-corrected chi connectivity index (χ1v) is 16.7. The molecule has 1 unspecified atom stereocenters. The normalized spacial score (nSPS) is 20.9. The molecule has 5 atom stereocenters. The van der Waals surface area contributed by atoms with E-state index < -0.39 is 53.4 Å². The molecule has 2 fully saturated rings. The van der Waals surface area contributed by atoms with E-state index in [1.807, 2.05) is 60.7 Å². The number of unbranched alkanes of at least 4 members (excludes halogenated alkanes) is 1. The molecule has 4 rings (SSSR count). The smallest absolute Gasteiger partial charge is 0.327 e. The zero-order valence-corrected chi connectivity index (χ0v) is 27.6. The molecule has 2 aliphatic rings. The standard InChI is InChI=1S/C35H49N7O6/c1-48-34(47)35(38)17-20-41(23-35)32(45)27(15-8-9-18-36)39-31(44)29-16-10-19-42(29)33(46)28(22-25-13-6-3-7-14-25)40-30(43)26(37)21-24-11-4-2-5-12-24/h2-7,11-14,26-29H,8-10,15-23,36-38H2,1H3,(H,39,44)(H,40,43)/t26-,27-,28-,29-,35?/m1/s1. The minimum atomic E-state index is -1.31. The Hall–Kier alpha value is -4.33. The minimum Gasteiger partial charge on any atom is -0.468 e. The van der Waals surface area contributed by atoms with Crippen LogP contribution in [0.15, 0.2) is 60.7 Å². The predicted molar refractivity (Wildman–Crippen MR) is 180 cm³/mol. The summed E-state index contributed by atoms with van der Waals surface area (Å²) < 4.78 is 4.84. The van der Waals surface area contributed by atoms with Gasteiger partial charge >= 0.3 is 5.97 Å². The number of esters is 1. The van der Waals surface area contributed by atoms with Crippen molar-refractivity contribution in [2.75, 3.05) is 33.3 Å². The molecule has 2 aliphatic heterocycles. The molecule has 2 aromatic carbocycles. The summed E-state index contributed by atoms with van der Waals surface area (Å²) in [6, 6.07) is 15.1. The van der Waals surface area contributed by atoms with E-state index in [2.05, 4.69) is 10.6 Å². The van der Waals surface area contributed by atoms with Crippen molar-refractivity contribution in [1.29, 1.82) is 0 Å². The summed E-state index contributed by atoms with van der Waals surface area (Å²) in [6.45, 7) is 0.972. The highest BCUT2D eigenvalue weighted by molar-refractivity contribution is 5.95. The molecule has 0 bridgehead atoms. The van der Waals surface area contributed by atoms with Crippen molar-refractivity contribution in [3.8, 4) is 0 Å². The van der Waals surface area contributed by atoms with Crippen LogP contribution in [-0.4, -0.2) is 102 Å². The van der Waals surface area contributed by atoms with Gasteiger partial charge in [0, 0.05) is 26.1 Å². The Morgan fingerprint density at radius 1 is 0.896 bits per heavy atom. The molecule has 0 spiro atoms. The average molecular weight is 664 g/mol. The van der Waals surface area contributed by atoms with E-state index in [9.17, 15) is 24.0 Å². The highest BCUT2D eigenvalue weighted by Gasteiger charge is 2.46. The zero-order chi connectivity index (χ0) is 34.7. The quantitative estimate of drug-likeness (QED) is 0.128. The van der Waals surface area contributed by atoms with Crippen LogP contribution >= 0.6 is 0 Å². The van der Waals surface area contributed by atoms with E-state index in [0.29, 0.717) is 51.6 Å². The van der Waals surface area contributed by atoms with Crippen molar-refractivity contribution in [3.63, 3.8) is 0 Å². The van der Waals surface area contributed by atoms with Gasteiger partial charge in [0.2, 0.25) is 23.6 Å². The number of nitrogens with one attached hydrogen (secondary N) is 2. The molecule has 2 heterocycles. The van der Waals surface area contributed by atoms with Gasteiger partial charge in [0.05, 0.1) is 13.2 Å². The number of nitrogens with zero attached hydrogens (tertiary/aromatic N) is 2. The number of methoxy groups -OCH3 is 1. The summed E-state index contributed by atoms with van der Waals surface area (Å²) in [6.07, 6.45) is 3.32. The average Bonchev–Trinajstić information content (AvgIpc) is 3.75. The van der Waals surface area contributed by atoms with Gasteiger partial charge in [-0.3, -0.25) is 19.2 Å². The lowest BCUT2D eigenvalue weighted by Gasteiger charge is -2.31. The third kappa shape index (κ3) is 9.39. The number of likely N-dealkylation sites (tertiary alicyclic amines) is 2. The SMILES string of the molecule is COC(=O)C1(N)CCN(C(=O)[C@@H](CCCCN)NC(=O)[C@H]2CCCN2C(=O)[C@@H](Cc2ccccc2)NC(=O)[C@H](N)Cc2ccccc2)C1. The third-order valence-corrected chi connectivity index (χ3v) is 9.14. The van der Waals surface area contributed by atoms with E-state index in [1.165, 1.54) is 16.9 Å². The maximum atomic E-state index is 14.1. The Balaban J connectivity index is 1.48. The number of amides is 4. The summed E-state index contributed by atoms with van der Waals surface area (Å²) in [5.74, 6) is -2.27. The molecule has 13 nitrogen and oxygen atoms in total. The van der Waals surface area contributed by atoms with Gasteiger partial charge in [-0.1, -0.05) is 60.7 Å². The molecule has 8 N–H and O–H groups in total. The second-order valence-corrected chi connectivity index (χ2v) is 12.7. The largest absolute Gasteiger partial charge is 0.468 e. The monoisotopic (exact) mass is 663 g/mol. The van der Waals surface area contributed by atoms with E-state index in [4.69, 9.17) is 21.9 Å². The topological polar surface area (TPSA) is 203 Å². The van der Waals surface area contributed by atoms with Gasteiger partial charge in [-0.25, -0.2) is 4.79 Å². The van der Waals surface area contributed by atoms with Gasteiger partial charge in [-0.15, -0.1) is 0 Å².